The van der Waals surface area contributed by atoms with Crippen molar-refractivity contribution in [3.05, 3.63) is 47.7 Å². The predicted molar refractivity (Wildman–Crippen MR) is 52.0 cm³/mol. The lowest BCUT2D eigenvalue weighted by atomic mass is 10.1. The van der Waals surface area contributed by atoms with Crippen LogP contribution >= 0.6 is 0 Å². The molecule has 0 saturated heterocycles. The molecule has 0 bridgehead atoms. The van der Waals surface area contributed by atoms with E-state index < -0.39 is 11.6 Å². The fourth-order valence-corrected chi connectivity index (χ4v) is 1.32. The molecule has 0 saturated carbocycles. The molecule has 2 N–H and O–H groups in total. The normalized spacial score (nSPS) is 10.6. The van der Waals surface area contributed by atoms with Crippen molar-refractivity contribution in [2.75, 3.05) is 0 Å². The molecule has 0 fully saturated rings. The second kappa shape index (κ2) is 3.82. The molecule has 0 spiro atoms. The summed E-state index contributed by atoms with van der Waals surface area (Å²) in [5, 5.41) is 0. The van der Waals surface area contributed by atoms with Crippen molar-refractivity contribution < 1.29 is 13.2 Å². The van der Waals surface area contributed by atoms with Crippen LogP contribution in [0.1, 0.15) is 5.76 Å². The SMILES string of the molecule is NCc1ccc(-c2ccc(F)cc2F)o1. The lowest BCUT2D eigenvalue weighted by Crippen LogP contribution is -1.92. The van der Waals surface area contributed by atoms with Gasteiger partial charge in [0.2, 0.25) is 0 Å². The number of benzene rings is 1. The third-order valence-electron chi connectivity index (χ3n) is 2.06. The van der Waals surface area contributed by atoms with Gasteiger partial charge in [-0.05, 0) is 24.3 Å². The molecule has 1 aromatic carbocycles. The molecular formula is C11H9F2NO. The summed E-state index contributed by atoms with van der Waals surface area (Å²) in [5.41, 5.74) is 5.59. The van der Waals surface area contributed by atoms with E-state index in [2.05, 4.69) is 0 Å². The van der Waals surface area contributed by atoms with Crippen LogP contribution in [-0.4, -0.2) is 0 Å². The highest BCUT2D eigenvalue weighted by Gasteiger charge is 2.09. The highest BCUT2D eigenvalue weighted by atomic mass is 19.1. The van der Waals surface area contributed by atoms with E-state index in [-0.39, 0.29) is 12.1 Å². The molecule has 0 unspecified atom stereocenters. The van der Waals surface area contributed by atoms with Crippen molar-refractivity contribution in [1.29, 1.82) is 0 Å². The first-order valence-electron chi connectivity index (χ1n) is 4.45. The van der Waals surface area contributed by atoms with Gasteiger partial charge in [-0.3, -0.25) is 0 Å². The summed E-state index contributed by atoms with van der Waals surface area (Å²) in [4.78, 5) is 0. The van der Waals surface area contributed by atoms with E-state index in [1.54, 1.807) is 12.1 Å². The molecule has 78 valence electrons. The van der Waals surface area contributed by atoms with Gasteiger partial charge in [-0.15, -0.1) is 0 Å². The highest BCUT2D eigenvalue weighted by molar-refractivity contribution is 5.58. The average Bonchev–Trinajstić information content (AvgIpc) is 2.66. The van der Waals surface area contributed by atoms with Crippen LogP contribution in [0.3, 0.4) is 0 Å². The van der Waals surface area contributed by atoms with Crippen LogP contribution in [0, 0.1) is 11.6 Å². The van der Waals surface area contributed by atoms with Crippen LogP contribution in [0.15, 0.2) is 34.7 Å². The largest absolute Gasteiger partial charge is 0.460 e. The lowest BCUT2D eigenvalue weighted by molar-refractivity contribution is 0.518. The Kier molecular flexibility index (Phi) is 2.51. The fourth-order valence-electron chi connectivity index (χ4n) is 1.32. The van der Waals surface area contributed by atoms with Gasteiger partial charge in [-0.2, -0.15) is 0 Å². The number of rotatable bonds is 2. The molecule has 1 heterocycles. The minimum atomic E-state index is -0.645. The van der Waals surface area contributed by atoms with Gasteiger partial charge in [-0.25, -0.2) is 8.78 Å². The van der Waals surface area contributed by atoms with E-state index in [1.807, 2.05) is 0 Å². The molecule has 1 aromatic heterocycles. The van der Waals surface area contributed by atoms with E-state index in [9.17, 15) is 8.78 Å². The zero-order chi connectivity index (χ0) is 10.8. The van der Waals surface area contributed by atoms with E-state index in [0.29, 0.717) is 11.5 Å². The van der Waals surface area contributed by atoms with Crippen LogP contribution in [0.5, 0.6) is 0 Å². The van der Waals surface area contributed by atoms with Crippen molar-refractivity contribution in [2.45, 2.75) is 6.54 Å². The summed E-state index contributed by atoms with van der Waals surface area (Å²) >= 11 is 0. The quantitative estimate of drug-likeness (QED) is 0.825. The van der Waals surface area contributed by atoms with Gasteiger partial charge in [0.15, 0.2) is 0 Å². The van der Waals surface area contributed by atoms with E-state index in [1.165, 1.54) is 12.1 Å². The minimum Gasteiger partial charge on any atom is -0.460 e. The Morgan fingerprint density at radius 1 is 1.13 bits per heavy atom. The first-order valence-corrected chi connectivity index (χ1v) is 4.45. The van der Waals surface area contributed by atoms with Crippen molar-refractivity contribution in [3.63, 3.8) is 0 Å². The number of hydrogen-bond acceptors (Lipinski definition) is 2. The van der Waals surface area contributed by atoms with E-state index in [0.717, 1.165) is 6.07 Å². The van der Waals surface area contributed by atoms with Crippen molar-refractivity contribution in [1.82, 2.24) is 0 Å². The van der Waals surface area contributed by atoms with Gasteiger partial charge < -0.3 is 10.2 Å². The average molecular weight is 209 g/mol. The van der Waals surface area contributed by atoms with Gasteiger partial charge in [0, 0.05) is 6.07 Å². The molecule has 0 aliphatic rings. The number of nitrogens with two attached hydrogens (primary N) is 1. The smallest absolute Gasteiger partial charge is 0.137 e. The van der Waals surface area contributed by atoms with Crippen molar-refractivity contribution in [3.8, 4) is 11.3 Å². The van der Waals surface area contributed by atoms with E-state index in [4.69, 9.17) is 10.2 Å². The van der Waals surface area contributed by atoms with Gasteiger partial charge in [0.1, 0.15) is 23.2 Å². The second-order valence-corrected chi connectivity index (χ2v) is 3.09. The van der Waals surface area contributed by atoms with Crippen LogP contribution in [0.25, 0.3) is 11.3 Å². The number of halogens is 2. The first-order chi connectivity index (χ1) is 7.20. The van der Waals surface area contributed by atoms with Gasteiger partial charge in [0.25, 0.3) is 0 Å². The lowest BCUT2D eigenvalue weighted by Gasteiger charge is -1.99. The molecule has 0 radical (unpaired) electrons. The molecule has 2 aromatic rings. The topological polar surface area (TPSA) is 39.2 Å². The molecule has 2 nitrogen and oxygen atoms in total. The maximum Gasteiger partial charge on any atom is 0.137 e. The van der Waals surface area contributed by atoms with Crippen LogP contribution in [0.4, 0.5) is 8.78 Å². The van der Waals surface area contributed by atoms with Gasteiger partial charge >= 0.3 is 0 Å². The summed E-state index contributed by atoms with van der Waals surface area (Å²) < 4.78 is 31.2. The minimum absolute atomic E-state index is 0.233. The third kappa shape index (κ3) is 1.89. The Labute approximate surface area is 85.3 Å². The van der Waals surface area contributed by atoms with Crippen LogP contribution < -0.4 is 5.73 Å². The zero-order valence-corrected chi connectivity index (χ0v) is 7.84. The maximum absolute atomic E-state index is 13.3. The molecule has 0 atom stereocenters. The van der Waals surface area contributed by atoms with Gasteiger partial charge in [-0.1, -0.05) is 0 Å². The Morgan fingerprint density at radius 2 is 1.93 bits per heavy atom. The van der Waals surface area contributed by atoms with Crippen LogP contribution in [0.2, 0.25) is 0 Å². The molecule has 0 amide bonds. The predicted octanol–water partition coefficient (Wildman–Crippen LogP) is 2.68. The van der Waals surface area contributed by atoms with E-state index >= 15 is 0 Å². The third-order valence-corrected chi connectivity index (χ3v) is 2.06. The summed E-state index contributed by atoms with van der Waals surface area (Å²) in [5.74, 6) is -0.337. The molecule has 0 aliphatic carbocycles. The highest BCUT2D eigenvalue weighted by Crippen LogP contribution is 2.25. The summed E-state index contributed by atoms with van der Waals surface area (Å²) in [6.07, 6.45) is 0. The fraction of sp³-hybridized carbons (Fsp3) is 0.0909. The number of hydrogen-bond donors (Lipinski definition) is 1. The molecule has 0 aliphatic heterocycles. The number of furan rings is 1. The van der Waals surface area contributed by atoms with Crippen LogP contribution in [-0.2, 0) is 6.54 Å². The molecule has 15 heavy (non-hydrogen) atoms. The van der Waals surface area contributed by atoms with Crippen molar-refractivity contribution >= 4 is 0 Å². The maximum atomic E-state index is 13.3. The molecule has 2 rings (SSSR count). The Morgan fingerprint density at radius 3 is 2.53 bits per heavy atom. The monoisotopic (exact) mass is 209 g/mol. The van der Waals surface area contributed by atoms with Gasteiger partial charge in [0.05, 0.1) is 12.1 Å². The summed E-state index contributed by atoms with van der Waals surface area (Å²) in [6, 6.07) is 6.61. The molecular weight excluding hydrogens is 200 g/mol. The second-order valence-electron chi connectivity index (χ2n) is 3.09. The Bertz CT molecular complexity index is 479. The Balaban J connectivity index is 2.44. The van der Waals surface area contributed by atoms with Crippen molar-refractivity contribution in [2.24, 2.45) is 5.73 Å². The standard InChI is InChI=1S/C11H9F2NO/c12-7-1-3-9(10(13)5-7)11-4-2-8(6-14)15-11/h1-5H,6,14H2. The zero-order valence-electron chi connectivity index (χ0n) is 7.84. The summed E-state index contributed by atoms with van der Waals surface area (Å²) in [7, 11) is 0. The Hall–Kier alpha value is -1.68. The summed E-state index contributed by atoms with van der Waals surface area (Å²) in [6.45, 7) is 0.253. The molecule has 4 heteroatoms. The first kappa shape index (κ1) is 9.86.